The second-order valence-electron chi connectivity index (χ2n) is 4.49. The predicted molar refractivity (Wildman–Crippen MR) is 62.5 cm³/mol. The summed E-state index contributed by atoms with van der Waals surface area (Å²) in [5, 5.41) is 0. The number of nitrogens with one attached hydrogen (secondary N) is 1. The SMILES string of the molecule is CCCC1(Cn2ccc(=O)[nH]c2=S)CC1. The Kier molecular flexibility index (Phi) is 2.78. The minimum Gasteiger partial charge on any atom is -0.325 e. The van der Waals surface area contributed by atoms with Gasteiger partial charge >= 0.3 is 0 Å². The number of rotatable bonds is 4. The molecule has 0 amide bonds. The van der Waals surface area contributed by atoms with Gasteiger partial charge in [0.25, 0.3) is 5.56 Å². The van der Waals surface area contributed by atoms with Crippen molar-refractivity contribution in [1.82, 2.24) is 9.55 Å². The van der Waals surface area contributed by atoms with Crippen LogP contribution < -0.4 is 5.56 Å². The highest BCUT2D eigenvalue weighted by molar-refractivity contribution is 7.71. The summed E-state index contributed by atoms with van der Waals surface area (Å²) in [5.74, 6) is 0. The van der Waals surface area contributed by atoms with Crippen molar-refractivity contribution < 1.29 is 0 Å². The molecule has 1 heterocycles. The number of hydrogen-bond acceptors (Lipinski definition) is 2. The van der Waals surface area contributed by atoms with Gasteiger partial charge in [-0.2, -0.15) is 0 Å². The van der Waals surface area contributed by atoms with Gasteiger partial charge in [-0.25, -0.2) is 0 Å². The quantitative estimate of drug-likeness (QED) is 0.798. The Morgan fingerprint density at radius 2 is 2.33 bits per heavy atom. The molecule has 0 aliphatic heterocycles. The molecule has 0 spiro atoms. The van der Waals surface area contributed by atoms with E-state index in [0.717, 1.165) is 6.54 Å². The zero-order valence-corrected chi connectivity index (χ0v) is 9.77. The van der Waals surface area contributed by atoms with Crippen molar-refractivity contribution in [2.45, 2.75) is 39.2 Å². The Morgan fingerprint density at radius 1 is 1.60 bits per heavy atom. The summed E-state index contributed by atoms with van der Waals surface area (Å²) in [6.07, 6.45) is 6.87. The van der Waals surface area contributed by atoms with Gasteiger partial charge in [0.05, 0.1) is 0 Å². The summed E-state index contributed by atoms with van der Waals surface area (Å²) in [4.78, 5) is 13.7. The molecule has 0 saturated heterocycles. The highest BCUT2D eigenvalue weighted by Gasteiger charge is 2.41. The number of nitrogens with zero attached hydrogens (tertiary/aromatic N) is 1. The van der Waals surface area contributed by atoms with E-state index in [1.54, 1.807) is 6.20 Å². The normalized spacial score (nSPS) is 17.7. The van der Waals surface area contributed by atoms with E-state index in [1.807, 2.05) is 4.57 Å². The summed E-state index contributed by atoms with van der Waals surface area (Å²) >= 11 is 5.13. The maximum atomic E-state index is 11.0. The van der Waals surface area contributed by atoms with Crippen LogP contribution in [0, 0.1) is 10.2 Å². The van der Waals surface area contributed by atoms with Crippen LogP contribution in [-0.2, 0) is 6.54 Å². The molecule has 0 radical (unpaired) electrons. The summed E-state index contributed by atoms with van der Waals surface area (Å²) in [5.41, 5.74) is 0.349. The average Bonchev–Trinajstić information content (AvgIpc) is 2.91. The van der Waals surface area contributed by atoms with Crippen LogP contribution in [0.5, 0.6) is 0 Å². The van der Waals surface area contributed by atoms with E-state index in [9.17, 15) is 4.79 Å². The number of hydrogen-bond donors (Lipinski definition) is 1. The third-order valence-corrected chi connectivity index (χ3v) is 3.48. The zero-order chi connectivity index (χ0) is 10.9. The molecule has 0 aromatic carbocycles. The molecule has 1 aliphatic rings. The van der Waals surface area contributed by atoms with E-state index in [2.05, 4.69) is 11.9 Å². The lowest BCUT2D eigenvalue weighted by Gasteiger charge is -2.15. The molecule has 0 bridgehead atoms. The van der Waals surface area contributed by atoms with Crippen molar-refractivity contribution in [1.29, 1.82) is 0 Å². The molecular weight excluding hydrogens is 208 g/mol. The fraction of sp³-hybridized carbons (Fsp3) is 0.636. The largest absolute Gasteiger partial charge is 0.325 e. The molecule has 82 valence electrons. The van der Waals surface area contributed by atoms with Crippen LogP contribution in [-0.4, -0.2) is 9.55 Å². The summed E-state index contributed by atoms with van der Waals surface area (Å²) in [7, 11) is 0. The number of aromatic nitrogens is 2. The third-order valence-electron chi connectivity index (χ3n) is 3.14. The number of aromatic amines is 1. The first-order valence-electron chi connectivity index (χ1n) is 5.45. The molecule has 0 atom stereocenters. The van der Waals surface area contributed by atoms with Crippen LogP contribution in [0.4, 0.5) is 0 Å². The summed E-state index contributed by atoms with van der Waals surface area (Å²) in [6.45, 7) is 3.17. The van der Waals surface area contributed by atoms with Crippen molar-refractivity contribution in [3.8, 4) is 0 Å². The third kappa shape index (κ3) is 2.37. The molecule has 1 aromatic rings. The van der Waals surface area contributed by atoms with Gasteiger partial charge in [-0.05, 0) is 36.9 Å². The van der Waals surface area contributed by atoms with Crippen LogP contribution in [0.1, 0.15) is 32.6 Å². The molecule has 1 aliphatic carbocycles. The molecule has 2 rings (SSSR count). The van der Waals surface area contributed by atoms with Gasteiger partial charge in [0, 0.05) is 18.8 Å². The molecule has 15 heavy (non-hydrogen) atoms. The Bertz CT molecular complexity index is 456. The zero-order valence-electron chi connectivity index (χ0n) is 8.95. The van der Waals surface area contributed by atoms with E-state index < -0.39 is 0 Å². The van der Waals surface area contributed by atoms with Gasteiger partial charge in [-0.3, -0.25) is 9.78 Å². The summed E-state index contributed by atoms with van der Waals surface area (Å²) < 4.78 is 2.53. The van der Waals surface area contributed by atoms with Gasteiger partial charge in [0.2, 0.25) is 0 Å². The van der Waals surface area contributed by atoms with E-state index in [-0.39, 0.29) is 5.56 Å². The Hall–Kier alpha value is -0.900. The molecule has 0 unspecified atom stereocenters. The highest BCUT2D eigenvalue weighted by Crippen LogP contribution is 2.50. The molecule has 1 saturated carbocycles. The van der Waals surface area contributed by atoms with Crippen molar-refractivity contribution in [2.75, 3.05) is 0 Å². The lowest BCUT2D eigenvalue weighted by Crippen LogP contribution is -2.16. The second kappa shape index (κ2) is 3.93. The van der Waals surface area contributed by atoms with Crippen LogP contribution in [0.15, 0.2) is 17.1 Å². The molecule has 4 heteroatoms. The minimum atomic E-state index is -0.114. The minimum absolute atomic E-state index is 0.114. The molecule has 1 aromatic heterocycles. The monoisotopic (exact) mass is 224 g/mol. The first kappa shape index (κ1) is 10.6. The average molecular weight is 224 g/mol. The predicted octanol–water partition coefficient (Wildman–Crippen LogP) is 2.49. The van der Waals surface area contributed by atoms with Gasteiger partial charge in [0.15, 0.2) is 4.77 Å². The van der Waals surface area contributed by atoms with Gasteiger partial charge in [0.1, 0.15) is 0 Å². The summed E-state index contributed by atoms with van der Waals surface area (Å²) in [6, 6.07) is 1.54. The van der Waals surface area contributed by atoms with Crippen molar-refractivity contribution in [2.24, 2.45) is 5.41 Å². The first-order valence-corrected chi connectivity index (χ1v) is 5.86. The van der Waals surface area contributed by atoms with E-state index in [0.29, 0.717) is 10.2 Å². The maximum Gasteiger partial charge on any atom is 0.251 e. The Balaban J connectivity index is 2.18. The lowest BCUT2D eigenvalue weighted by atomic mass is 10.0. The molecule has 1 N–H and O–H groups in total. The second-order valence-corrected chi connectivity index (χ2v) is 4.87. The van der Waals surface area contributed by atoms with E-state index >= 15 is 0 Å². The number of H-pyrrole nitrogens is 1. The van der Waals surface area contributed by atoms with E-state index in [1.165, 1.54) is 31.7 Å². The van der Waals surface area contributed by atoms with Crippen molar-refractivity contribution >= 4 is 12.2 Å². The van der Waals surface area contributed by atoms with Gasteiger partial charge in [-0.1, -0.05) is 13.3 Å². The topological polar surface area (TPSA) is 37.8 Å². The van der Waals surface area contributed by atoms with Crippen LogP contribution >= 0.6 is 12.2 Å². The van der Waals surface area contributed by atoms with Crippen LogP contribution in [0.2, 0.25) is 0 Å². The Morgan fingerprint density at radius 3 is 2.87 bits per heavy atom. The first-order chi connectivity index (χ1) is 7.15. The van der Waals surface area contributed by atoms with E-state index in [4.69, 9.17) is 12.2 Å². The maximum absolute atomic E-state index is 11.0. The van der Waals surface area contributed by atoms with Gasteiger partial charge < -0.3 is 4.57 Å². The standard InChI is InChI=1S/C11H16N2OS/c1-2-4-11(5-6-11)8-13-7-3-9(14)12-10(13)15/h3,7H,2,4-6,8H2,1H3,(H,12,14,15). The fourth-order valence-electron chi connectivity index (χ4n) is 2.12. The van der Waals surface area contributed by atoms with Crippen LogP contribution in [0.3, 0.4) is 0 Å². The highest BCUT2D eigenvalue weighted by atomic mass is 32.1. The van der Waals surface area contributed by atoms with Crippen molar-refractivity contribution in [3.05, 3.63) is 27.4 Å². The van der Waals surface area contributed by atoms with Crippen molar-refractivity contribution in [3.63, 3.8) is 0 Å². The molecule has 3 nitrogen and oxygen atoms in total. The molecule has 1 fully saturated rings. The Labute approximate surface area is 94.1 Å². The van der Waals surface area contributed by atoms with Gasteiger partial charge in [-0.15, -0.1) is 0 Å². The van der Waals surface area contributed by atoms with Crippen LogP contribution in [0.25, 0.3) is 0 Å². The molecular formula is C11H16N2OS. The fourth-order valence-corrected chi connectivity index (χ4v) is 2.35. The smallest absolute Gasteiger partial charge is 0.251 e. The lowest BCUT2D eigenvalue weighted by molar-refractivity contribution is 0.382.